The third kappa shape index (κ3) is 3.48. The lowest BCUT2D eigenvalue weighted by molar-refractivity contribution is 0.322. The monoisotopic (exact) mass is 195 g/mol. The van der Waals surface area contributed by atoms with Crippen LogP contribution in [0.15, 0.2) is 30.0 Å². The van der Waals surface area contributed by atoms with Gasteiger partial charge >= 0.3 is 0 Å². The third-order valence-electron chi connectivity index (χ3n) is 2.49. The van der Waals surface area contributed by atoms with E-state index < -0.39 is 0 Å². The van der Waals surface area contributed by atoms with Gasteiger partial charge in [0.1, 0.15) is 0 Å². The molecule has 1 heterocycles. The minimum atomic E-state index is 0.671. The molecular formula is C11H18NP. The van der Waals surface area contributed by atoms with Gasteiger partial charge in [-0.15, -0.1) is 5.73 Å². The molecule has 13 heavy (non-hydrogen) atoms. The Morgan fingerprint density at radius 1 is 1.54 bits per heavy atom. The van der Waals surface area contributed by atoms with Crippen LogP contribution >= 0.6 is 9.39 Å². The lowest BCUT2D eigenvalue weighted by atomic mass is 9.91. The van der Waals surface area contributed by atoms with Crippen LogP contribution < -0.4 is 0 Å². The smallest absolute Gasteiger partial charge is 0.00220 e. The Labute approximate surface area is 83.5 Å². The van der Waals surface area contributed by atoms with Crippen LogP contribution in [0.2, 0.25) is 0 Å². The van der Waals surface area contributed by atoms with E-state index in [9.17, 15) is 0 Å². The fourth-order valence-corrected chi connectivity index (χ4v) is 1.88. The first-order chi connectivity index (χ1) is 6.24. The minimum Gasteiger partial charge on any atom is -0.287 e. The van der Waals surface area contributed by atoms with Gasteiger partial charge in [-0.1, -0.05) is 16.0 Å². The number of allylic oxidation sites excluding steroid dienone is 2. The molecule has 1 unspecified atom stereocenters. The SMILES string of the molecule is C=C(C=C=CC)C1CCN(P)CC1. The molecule has 0 aliphatic carbocycles. The zero-order chi connectivity index (χ0) is 9.68. The highest BCUT2D eigenvalue weighted by Gasteiger charge is 2.17. The maximum Gasteiger partial charge on any atom is 0.00220 e. The van der Waals surface area contributed by atoms with Gasteiger partial charge < -0.3 is 0 Å². The van der Waals surface area contributed by atoms with Gasteiger partial charge in [0.05, 0.1) is 0 Å². The molecule has 0 spiro atoms. The van der Waals surface area contributed by atoms with Gasteiger partial charge in [-0.05, 0) is 43.4 Å². The topological polar surface area (TPSA) is 3.24 Å². The Hall–Kier alpha value is -0.350. The van der Waals surface area contributed by atoms with Crippen molar-refractivity contribution in [3.8, 4) is 0 Å². The number of hydrogen-bond acceptors (Lipinski definition) is 1. The third-order valence-corrected chi connectivity index (χ3v) is 3.01. The lowest BCUT2D eigenvalue weighted by Gasteiger charge is -2.28. The molecule has 0 aromatic carbocycles. The normalized spacial score (nSPS) is 19.2. The number of nitrogens with zero attached hydrogens (tertiary/aromatic N) is 1. The standard InChI is InChI=1S/C11H18NP/c1-3-4-5-10(2)11-6-8-12(13)9-7-11/h3,5,11H,2,6-9,13H2,1H3. The maximum atomic E-state index is 4.08. The molecule has 1 aliphatic heterocycles. The second-order valence-corrected chi connectivity index (χ2v) is 4.22. The first-order valence-electron chi connectivity index (χ1n) is 4.79. The van der Waals surface area contributed by atoms with Crippen molar-refractivity contribution in [1.82, 2.24) is 4.67 Å². The summed E-state index contributed by atoms with van der Waals surface area (Å²) in [6, 6.07) is 0. The van der Waals surface area contributed by atoms with E-state index >= 15 is 0 Å². The summed E-state index contributed by atoms with van der Waals surface area (Å²) >= 11 is 0. The van der Waals surface area contributed by atoms with E-state index in [1.807, 2.05) is 19.1 Å². The van der Waals surface area contributed by atoms with E-state index in [0.29, 0.717) is 5.92 Å². The zero-order valence-electron chi connectivity index (χ0n) is 8.29. The van der Waals surface area contributed by atoms with Crippen molar-refractivity contribution in [2.24, 2.45) is 5.92 Å². The summed E-state index contributed by atoms with van der Waals surface area (Å²) in [6.07, 6.45) is 6.40. The maximum absolute atomic E-state index is 4.08. The van der Waals surface area contributed by atoms with E-state index in [1.165, 1.54) is 18.4 Å². The molecule has 1 aliphatic rings. The predicted octanol–water partition coefficient (Wildman–Crippen LogP) is 2.78. The quantitative estimate of drug-likeness (QED) is 0.372. The van der Waals surface area contributed by atoms with Gasteiger partial charge in [0, 0.05) is 13.1 Å². The molecule has 0 aromatic heterocycles. The molecule has 0 saturated carbocycles. The highest BCUT2D eigenvalue weighted by molar-refractivity contribution is 7.13. The molecule has 0 N–H and O–H groups in total. The van der Waals surface area contributed by atoms with Crippen LogP contribution in [-0.4, -0.2) is 17.8 Å². The van der Waals surface area contributed by atoms with Crippen molar-refractivity contribution in [2.45, 2.75) is 19.8 Å². The van der Waals surface area contributed by atoms with E-state index in [4.69, 9.17) is 0 Å². The van der Waals surface area contributed by atoms with Gasteiger partial charge in [-0.2, -0.15) is 0 Å². The van der Waals surface area contributed by atoms with Gasteiger partial charge in [-0.25, -0.2) is 0 Å². The van der Waals surface area contributed by atoms with Crippen molar-refractivity contribution in [2.75, 3.05) is 13.1 Å². The highest BCUT2D eigenvalue weighted by Crippen LogP contribution is 2.25. The molecule has 0 radical (unpaired) electrons. The molecule has 1 rings (SSSR count). The first kappa shape index (κ1) is 10.7. The fourth-order valence-electron chi connectivity index (χ4n) is 1.58. The Bertz CT molecular complexity index is 230. The molecule has 0 bridgehead atoms. The van der Waals surface area contributed by atoms with Crippen LogP contribution in [0, 0.1) is 5.92 Å². The Balaban J connectivity index is 2.45. The summed E-state index contributed by atoms with van der Waals surface area (Å²) in [5, 5.41) is 0. The molecule has 0 aromatic rings. The average Bonchev–Trinajstić information content (AvgIpc) is 2.15. The van der Waals surface area contributed by atoms with Crippen molar-refractivity contribution >= 4 is 9.39 Å². The van der Waals surface area contributed by atoms with Crippen LogP contribution in [0.4, 0.5) is 0 Å². The van der Waals surface area contributed by atoms with Crippen molar-refractivity contribution < 1.29 is 0 Å². The van der Waals surface area contributed by atoms with Gasteiger partial charge in [-0.3, -0.25) is 4.67 Å². The molecule has 1 fully saturated rings. The van der Waals surface area contributed by atoms with Gasteiger partial charge in [0.2, 0.25) is 0 Å². The van der Waals surface area contributed by atoms with E-state index in [2.05, 4.69) is 26.4 Å². The summed E-state index contributed by atoms with van der Waals surface area (Å²) < 4.78 is 2.29. The summed E-state index contributed by atoms with van der Waals surface area (Å²) in [7, 11) is 2.76. The molecular weight excluding hydrogens is 177 g/mol. The van der Waals surface area contributed by atoms with E-state index in [-0.39, 0.29) is 0 Å². The van der Waals surface area contributed by atoms with E-state index in [0.717, 1.165) is 13.1 Å². The Morgan fingerprint density at radius 2 is 2.15 bits per heavy atom. The predicted molar refractivity (Wildman–Crippen MR) is 61.5 cm³/mol. The number of piperidine rings is 1. The molecule has 1 saturated heterocycles. The Kier molecular flexibility index (Phi) is 4.45. The second kappa shape index (κ2) is 5.40. The molecule has 1 nitrogen and oxygen atoms in total. The van der Waals surface area contributed by atoms with Crippen molar-refractivity contribution in [3.05, 3.63) is 30.0 Å². The van der Waals surface area contributed by atoms with E-state index in [1.54, 1.807) is 0 Å². The summed E-state index contributed by atoms with van der Waals surface area (Å²) in [6.45, 7) is 8.39. The molecule has 0 amide bonds. The number of hydrogen-bond donors (Lipinski definition) is 0. The molecule has 72 valence electrons. The van der Waals surface area contributed by atoms with Crippen LogP contribution in [0.1, 0.15) is 19.8 Å². The van der Waals surface area contributed by atoms with Crippen molar-refractivity contribution in [3.63, 3.8) is 0 Å². The molecule has 2 heteroatoms. The Morgan fingerprint density at radius 3 is 2.69 bits per heavy atom. The molecule has 1 atom stereocenters. The summed E-state index contributed by atoms with van der Waals surface area (Å²) in [5.41, 5.74) is 4.32. The largest absolute Gasteiger partial charge is 0.287 e. The van der Waals surface area contributed by atoms with Crippen LogP contribution in [-0.2, 0) is 0 Å². The zero-order valence-corrected chi connectivity index (χ0v) is 9.45. The fraction of sp³-hybridized carbons (Fsp3) is 0.545. The average molecular weight is 195 g/mol. The van der Waals surface area contributed by atoms with Crippen LogP contribution in [0.3, 0.4) is 0 Å². The van der Waals surface area contributed by atoms with Crippen LogP contribution in [0.25, 0.3) is 0 Å². The second-order valence-electron chi connectivity index (χ2n) is 3.48. The first-order valence-corrected chi connectivity index (χ1v) is 5.31. The van der Waals surface area contributed by atoms with Crippen molar-refractivity contribution in [1.29, 1.82) is 0 Å². The summed E-state index contributed by atoms with van der Waals surface area (Å²) in [5.74, 6) is 0.671. The number of rotatable bonds is 2. The van der Waals surface area contributed by atoms with Gasteiger partial charge in [0.15, 0.2) is 0 Å². The summed E-state index contributed by atoms with van der Waals surface area (Å²) in [4.78, 5) is 0. The lowest BCUT2D eigenvalue weighted by Crippen LogP contribution is -2.26. The highest BCUT2D eigenvalue weighted by atomic mass is 31.0. The van der Waals surface area contributed by atoms with Gasteiger partial charge in [0.25, 0.3) is 0 Å². The minimum absolute atomic E-state index is 0.671. The van der Waals surface area contributed by atoms with Crippen LogP contribution in [0.5, 0.6) is 0 Å².